The van der Waals surface area contributed by atoms with Crippen LogP contribution in [0, 0.1) is 17.2 Å². The number of rotatable bonds is 4. The summed E-state index contributed by atoms with van der Waals surface area (Å²) < 4.78 is 0. The van der Waals surface area contributed by atoms with Gasteiger partial charge in [0.15, 0.2) is 0 Å². The van der Waals surface area contributed by atoms with Gasteiger partial charge in [0.25, 0.3) is 0 Å². The van der Waals surface area contributed by atoms with E-state index in [4.69, 9.17) is 5.26 Å². The zero-order chi connectivity index (χ0) is 19.9. The second kappa shape index (κ2) is 9.05. The number of nitriles is 1. The standard InChI is InChI=1S/C22H24N4O2/c1-25(15-18-11-9-17(14-23)10-12-18)21(27)19-6-5-13-26(16-19)22(28)24-20-7-3-2-4-8-20/h2-4,7-12,19H,5-6,13,15-16H2,1H3,(H,24,28). The van der Waals surface area contributed by atoms with E-state index in [9.17, 15) is 9.59 Å². The van der Waals surface area contributed by atoms with Gasteiger partial charge in [-0.05, 0) is 42.7 Å². The van der Waals surface area contributed by atoms with Crippen LogP contribution in [0.25, 0.3) is 0 Å². The number of para-hydroxylation sites is 1. The summed E-state index contributed by atoms with van der Waals surface area (Å²) in [5, 5.41) is 11.8. The third-order valence-corrected chi connectivity index (χ3v) is 4.96. The van der Waals surface area contributed by atoms with Crippen LogP contribution in [-0.4, -0.2) is 41.9 Å². The first-order valence-electron chi connectivity index (χ1n) is 9.42. The molecule has 3 amide bonds. The minimum Gasteiger partial charge on any atom is -0.341 e. The molecule has 0 saturated carbocycles. The van der Waals surface area contributed by atoms with Crippen molar-refractivity contribution in [3.8, 4) is 6.07 Å². The van der Waals surface area contributed by atoms with Crippen molar-refractivity contribution in [3.05, 3.63) is 65.7 Å². The highest BCUT2D eigenvalue weighted by Crippen LogP contribution is 2.20. The highest BCUT2D eigenvalue weighted by Gasteiger charge is 2.30. The minimum atomic E-state index is -0.196. The van der Waals surface area contributed by atoms with Gasteiger partial charge >= 0.3 is 6.03 Å². The molecule has 0 radical (unpaired) electrons. The summed E-state index contributed by atoms with van der Waals surface area (Å²) in [5.74, 6) is -0.153. The van der Waals surface area contributed by atoms with E-state index in [0.29, 0.717) is 25.2 Å². The first-order chi connectivity index (χ1) is 13.6. The summed E-state index contributed by atoms with van der Waals surface area (Å²) in [6.45, 7) is 1.56. The first kappa shape index (κ1) is 19.4. The Morgan fingerprint density at radius 2 is 1.89 bits per heavy atom. The molecule has 1 fully saturated rings. The molecule has 1 N–H and O–H groups in total. The van der Waals surface area contributed by atoms with Gasteiger partial charge in [0.2, 0.25) is 5.91 Å². The van der Waals surface area contributed by atoms with Crippen molar-refractivity contribution >= 4 is 17.6 Å². The summed E-state index contributed by atoms with van der Waals surface area (Å²) in [7, 11) is 1.78. The maximum Gasteiger partial charge on any atom is 0.321 e. The lowest BCUT2D eigenvalue weighted by Gasteiger charge is -2.34. The molecule has 0 spiro atoms. The monoisotopic (exact) mass is 376 g/mol. The number of benzene rings is 2. The quantitative estimate of drug-likeness (QED) is 0.888. The largest absolute Gasteiger partial charge is 0.341 e. The molecule has 28 heavy (non-hydrogen) atoms. The number of nitrogens with zero attached hydrogens (tertiary/aromatic N) is 3. The smallest absolute Gasteiger partial charge is 0.321 e. The summed E-state index contributed by atoms with van der Waals surface area (Å²) >= 11 is 0. The Balaban J connectivity index is 1.57. The molecule has 1 aliphatic rings. The topological polar surface area (TPSA) is 76.4 Å². The predicted molar refractivity (Wildman–Crippen MR) is 107 cm³/mol. The Labute approximate surface area is 165 Å². The predicted octanol–water partition coefficient (Wildman–Crippen LogP) is 3.46. The molecule has 0 bridgehead atoms. The van der Waals surface area contributed by atoms with E-state index in [-0.39, 0.29) is 17.9 Å². The van der Waals surface area contributed by atoms with Gasteiger partial charge < -0.3 is 15.1 Å². The number of hydrogen-bond donors (Lipinski definition) is 1. The van der Waals surface area contributed by atoms with Gasteiger partial charge in [0, 0.05) is 32.4 Å². The Morgan fingerprint density at radius 3 is 2.57 bits per heavy atom. The van der Waals surface area contributed by atoms with Gasteiger partial charge in [-0.25, -0.2) is 4.79 Å². The van der Waals surface area contributed by atoms with Crippen molar-refractivity contribution in [2.75, 3.05) is 25.5 Å². The molecule has 1 unspecified atom stereocenters. The number of urea groups is 1. The van der Waals surface area contributed by atoms with Crippen LogP contribution in [0.15, 0.2) is 54.6 Å². The van der Waals surface area contributed by atoms with Crippen LogP contribution >= 0.6 is 0 Å². The fourth-order valence-corrected chi connectivity index (χ4v) is 3.44. The molecule has 1 heterocycles. The summed E-state index contributed by atoms with van der Waals surface area (Å²) in [6.07, 6.45) is 1.59. The summed E-state index contributed by atoms with van der Waals surface area (Å²) in [5.41, 5.74) is 2.33. The lowest BCUT2D eigenvalue weighted by Crippen LogP contribution is -2.47. The lowest BCUT2D eigenvalue weighted by molar-refractivity contribution is -0.136. The normalized spacial score (nSPS) is 16.1. The molecule has 1 aliphatic heterocycles. The van der Waals surface area contributed by atoms with E-state index < -0.39 is 0 Å². The number of piperidine rings is 1. The Bertz CT molecular complexity index is 858. The van der Waals surface area contributed by atoms with Crippen molar-refractivity contribution in [1.82, 2.24) is 9.80 Å². The number of amides is 3. The maximum atomic E-state index is 12.9. The third-order valence-electron chi connectivity index (χ3n) is 4.96. The van der Waals surface area contributed by atoms with Gasteiger partial charge in [-0.1, -0.05) is 30.3 Å². The Kier molecular flexibility index (Phi) is 6.28. The van der Waals surface area contributed by atoms with Crippen molar-refractivity contribution in [2.24, 2.45) is 5.92 Å². The van der Waals surface area contributed by atoms with E-state index in [1.165, 1.54) is 0 Å². The van der Waals surface area contributed by atoms with Crippen molar-refractivity contribution in [2.45, 2.75) is 19.4 Å². The van der Waals surface area contributed by atoms with E-state index in [0.717, 1.165) is 24.1 Å². The summed E-state index contributed by atoms with van der Waals surface area (Å²) in [6, 6.07) is 18.5. The van der Waals surface area contributed by atoms with Gasteiger partial charge in [-0.2, -0.15) is 5.26 Å². The number of carbonyl (C=O) groups excluding carboxylic acids is 2. The molecule has 1 saturated heterocycles. The molecule has 6 heteroatoms. The maximum absolute atomic E-state index is 12.9. The number of anilines is 1. The molecule has 144 valence electrons. The molecule has 0 aliphatic carbocycles. The number of likely N-dealkylation sites (tertiary alicyclic amines) is 1. The highest BCUT2D eigenvalue weighted by atomic mass is 16.2. The van der Waals surface area contributed by atoms with Gasteiger partial charge in [0.1, 0.15) is 0 Å². The van der Waals surface area contributed by atoms with E-state index >= 15 is 0 Å². The first-order valence-corrected chi connectivity index (χ1v) is 9.42. The van der Waals surface area contributed by atoms with Crippen LogP contribution < -0.4 is 5.32 Å². The van der Waals surface area contributed by atoms with Crippen LogP contribution in [-0.2, 0) is 11.3 Å². The average molecular weight is 376 g/mol. The SMILES string of the molecule is CN(Cc1ccc(C#N)cc1)C(=O)C1CCCN(C(=O)Nc2ccccc2)C1. The van der Waals surface area contributed by atoms with Gasteiger partial charge in [-0.15, -0.1) is 0 Å². The fourth-order valence-electron chi connectivity index (χ4n) is 3.44. The molecular formula is C22H24N4O2. The Morgan fingerprint density at radius 1 is 1.18 bits per heavy atom. The number of carbonyl (C=O) groups is 2. The molecule has 2 aromatic carbocycles. The Hall–Kier alpha value is -3.33. The van der Waals surface area contributed by atoms with Crippen LogP contribution in [0.2, 0.25) is 0 Å². The zero-order valence-corrected chi connectivity index (χ0v) is 16.0. The molecule has 6 nitrogen and oxygen atoms in total. The molecule has 3 rings (SSSR count). The fraction of sp³-hybridized carbons (Fsp3) is 0.318. The van der Waals surface area contributed by atoms with Crippen LogP contribution in [0.1, 0.15) is 24.0 Å². The number of nitrogens with one attached hydrogen (secondary N) is 1. The lowest BCUT2D eigenvalue weighted by atomic mass is 9.96. The van der Waals surface area contributed by atoms with Crippen LogP contribution in [0.5, 0.6) is 0 Å². The molecular weight excluding hydrogens is 352 g/mol. The minimum absolute atomic E-state index is 0.0431. The van der Waals surface area contributed by atoms with Crippen molar-refractivity contribution in [1.29, 1.82) is 5.26 Å². The van der Waals surface area contributed by atoms with E-state index in [2.05, 4.69) is 11.4 Å². The van der Waals surface area contributed by atoms with E-state index in [1.807, 2.05) is 42.5 Å². The van der Waals surface area contributed by atoms with Crippen LogP contribution in [0.4, 0.5) is 10.5 Å². The second-order valence-corrected chi connectivity index (χ2v) is 7.08. The van der Waals surface area contributed by atoms with E-state index in [1.54, 1.807) is 29.0 Å². The van der Waals surface area contributed by atoms with Crippen molar-refractivity contribution in [3.63, 3.8) is 0 Å². The zero-order valence-electron chi connectivity index (χ0n) is 16.0. The van der Waals surface area contributed by atoms with Gasteiger partial charge in [0.05, 0.1) is 17.6 Å². The average Bonchev–Trinajstić information content (AvgIpc) is 2.74. The molecule has 2 aromatic rings. The number of hydrogen-bond acceptors (Lipinski definition) is 3. The third kappa shape index (κ3) is 4.89. The molecule has 0 aromatic heterocycles. The van der Waals surface area contributed by atoms with Crippen molar-refractivity contribution < 1.29 is 9.59 Å². The second-order valence-electron chi connectivity index (χ2n) is 7.08. The summed E-state index contributed by atoms with van der Waals surface area (Å²) in [4.78, 5) is 28.8. The highest BCUT2D eigenvalue weighted by molar-refractivity contribution is 5.90. The molecule has 1 atom stereocenters. The van der Waals surface area contributed by atoms with Gasteiger partial charge in [-0.3, -0.25) is 4.79 Å². The van der Waals surface area contributed by atoms with Crippen LogP contribution in [0.3, 0.4) is 0 Å².